The molecule has 276 valence electrons. The molecular formula is C42H84O4. The lowest BCUT2D eigenvalue weighted by Crippen LogP contribution is -2.05. The third-order valence-electron chi connectivity index (χ3n) is 9.24. The molecule has 0 heterocycles. The molecule has 4 nitrogen and oxygen atoms in total. The highest BCUT2D eigenvalue weighted by molar-refractivity contribution is 5.69. The van der Waals surface area contributed by atoms with Gasteiger partial charge in [-0.05, 0) is 19.3 Å². The summed E-state index contributed by atoms with van der Waals surface area (Å²) in [5.74, 6) is -0.643. The van der Waals surface area contributed by atoms with E-state index >= 15 is 0 Å². The molecule has 1 N–H and O–H groups in total. The van der Waals surface area contributed by atoms with Gasteiger partial charge in [-0.25, -0.2) is 0 Å². The third kappa shape index (κ3) is 47.3. The Labute approximate surface area is 289 Å². The average Bonchev–Trinajstić information content (AvgIpc) is 3.04. The van der Waals surface area contributed by atoms with Gasteiger partial charge in [0.2, 0.25) is 0 Å². The maximum atomic E-state index is 11.6. The Bertz CT molecular complexity index is 576. The van der Waals surface area contributed by atoms with Gasteiger partial charge in [-0.2, -0.15) is 0 Å². The van der Waals surface area contributed by atoms with Crippen molar-refractivity contribution in [2.45, 2.75) is 252 Å². The molecule has 0 aromatic rings. The van der Waals surface area contributed by atoms with Crippen LogP contribution in [0.15, 0.2) is 0 Å². The first-order valence-electron chi connectivity index (χ1n) is 21.0. The first kappa shape index (κ1) is 47.1. The summed E-state index contributed by atoms with van der Waals surface area (Å²) in [6, 6.07) is 0. The number of carbonyl (C=O) groups excluding carboxylic acids is 1. The van der Waals surface area contributed by atoms with E-state index in [-0.39, 0.29) is 5.97 Å². The van der Waals surface area contributed by atoms with Crippen LogP contribution >= 0.6 is 0 Å². The van der Waals surface area contributed by atoms with Crippen molar-refractivity contribution in [3.8, 4) is 0 Å². The van der Waals surface area contributed by atoms with Crippen LogP contribution in [0.3, 0.4) is 0 Å². The summed E-state index contributed by atoms with van der Waals surface area (Å²) in [5.41, 5.74) is 0. The minimum Gasteiger partial charge on any atom is -0.481 e. The van der Waals surface area contributed by atoms with Crippen LogP contribution in [0.25, 0.3) is 0 Å². The number of hydrogen-bond donors (Lipinski definition) is 1. The molecule has 0 aliphatic carbocycles. The molecule has 0 saturated heterocycles. The van der Waals surface area contributed by atoms with Gasteiger partial charge in [0, 0.05) is 12.8 Å². The molecule has 0 radical (unpaired) electrons. The number of ether oxygens (including phenoxy) is 1. The zero-order chi connectivity index (χ0) is 34.0. The van der Waals surface area contributed by atoms with Crippen LogP contribution in [0.5, 0.6) is 0 Å². The second kappa shape index (κ2) is 43.9. The highest BCUT2D eigenvalue weighted by atomic mass is 16.5. The van der Waals surface area contributed by atoms with Gasteiger partial charge in [-0.3, -0.25) is 9.59 Å². The summed E-state index contributed by atoms with van der Waals surface area (Å²) in [4.78, 5) is 21.9. The molecule has 0 amide bonds. The summed E-state index contributed by atoms with van der Waals surface area (Å²) in [5, 5.41) is 8.52. The van der Waals surface area contributed by atoms with Crippen molar-refractivity contribution >= 4 is 11.9 Å². The second-order valence-corrected chi connectivity index (χ2v) is 14.1. The maximum absolute atomic E-state index is 11.6. The zero-order valence-corrected chi connectivity index (χ0v) is 31.8. The predicted molar refractivity (Wildman–Crippen MR) is 202 cm³/mol. The summed E-state index contributed by atoms with van der Waals surface area (Å²) in [6.45, 7) is 7.37. The molecule has 0 aliphatic heterocycles. The summed E-state index contributed by atoms with van der Waals surface area (Å²) in [6.07, 6.45) is 45.9. The predicted octanol–water partition coefficient (Wildman–Crippen LogP) is 14.7. The lowest BCUT2D eigenvalue weighted by molar-refractivity contribution is -0.144. The molecule has 0 rings (SSSR count). The molecule has 0 saturated carbocycles. The minimum absolute atomic E-state index is 0.0104. The van der Waals surface area contributed by atoms with E-state index in [4.69, 9.17) is 9.84 Å². The molecule has 0 unspecified atom stereocenters. The first-order chi connectivity index (χ1) is 22.6. The van der Waals surface area contributed by atoms with Crippen LogP contribution in [-0.2, 0) is 14.3 Å². The Kier molecular flexibility index (Phi) is 45.0. The van der Waals surface area contributed by atoms with E-state index < -0.39 is 5.97 Å². The van der Waals surface area contributed by atoms with Gasteiger partial charge in [0.05, 0.1) is 6.61 Å². The highest BCUT2D eigenvalue weighted by Gasteiger charge is 2.02. The number of hydrogen-bond acceptors (Lipinski definition) is 3. The van der Waals surface area contributed by atoms with Crippen molar-refractivity contribution in [3.05, 3.63) is 0 Å². The molecule has 0 aliphatic rings. The maximum Gasteiger partial charge on any atom is 0.305 e. The molecule has 46 heavy (non-hydrogen) atoms. The van der Waals surface area contributed by atoms with Gasteiger partial charge in [-0.15, -0.1) is 0 Å². The number of carboxylic acid groups (broad SMARTS) is 1. The van der Waals surface area contributed by atoms with E-state index in [2.05, 4.69) is 20.8 Å². The van der Waals surface area contributed by atoms with Crippen molar-refractivity contribution in [2.24, 2.45) is 0 Å². The topological polar surface area (TPSA) is 63.6 Å². The SMILES string of the molecule is CCCCCCCCCCCCCCCCCC(=O)O.CCCCCCCCCCCCCCCCCC(=O)OCCCCCC. The van der Waals surface area contributed by atoms with Crippen molar-refractivity contribution in [2.75, 3.05) is 6.61 Å². The third-order valence-corrected chi connectivity index (χ3v) is 9.24. The quantitative estimate of drug-likeness (QED) is 0.0536. The fourth-order valence-corrected chi connectivity index (χ4v) is 6.08. The largest absolute Gasteiger partial charge is 0.481 e. The van der Waals surface area contributed by atoms with Crippen LogP contribution in [0.1, 0.15) is 252 Å². The fraction of sp³-hybridized carbons (Fsp3) is 0.952. The highest BCUT2D eigenvalue weighted by Crippen LogP contribution is 2.15. The minimum atomic E-state index is -0.653. The summed E-state index contributed by atoms with van der Waals surface area (Å²) >= 11 is 0. The van der Waals surface area contributed by atoms with Gasteiger partial charge < -0.3 is 9.84 Å². The van der Waals surface area contributed by atoms with Crippen LogP contribution in [0.2, 0.25) is 0 Å². The number of carboxylic acids is 1. The van der Waals surface area contributed by atoms with E-state index in [1.165, 1.54) is 193 Å². The normalized spacial score (nSPS) is 10.9. The van der Waals surface area contributed by atoms with Gasteiger partial charge in [0.1, 0.15) is 0 Å². The molecule has 0 aromatic carbocycles. The Balaban J connectivity index is 0. The Morgan fingerprint density at radius 1 is 0.348 bits per heavy atom. The summed E-state index contributed by atoms with van der Waals surface area (Å²) < 4.78 is 5.27. The van der Waals surface area contributed by atoms with Crippen LogP contribution in [-0.4, -0.2) is 23.7 Å². The standard InChI is InChI=1S/C24H48O2.C18H36O2/c1-3-5-7-9-10-11-12-13-14-15-16-17-18-19-20-22-24(25)26-23-21-8-6-4-2;1-2-3-4-5-6-7-8-9-10-11-12-13-14-15-16-17-18(19)20/h3-23H2,1-2H3;2-17H2,1H3,(H,19,20). The van der Waals surface area contributed by atoms with Crippen LogP contribution < -0.4 is 0 Å². The molecule has 0 spiro atoms. The van der Waals surface area contributed by atoms with Crippen molar-refractivity contribution in [1.29, 1.82) is 0 Å². The summed E-state index contributed by atoms with van der Waals surface area (Å²) in [7, 11) is 0. The average molecular weight is 653 g/mol. The second-order valence-electron chi connectivity index (χ2n) is 14.1. The smallest absolute Gasteiger partial charge is 0.305 e. The molecule has 4 heteroatoms. The Morgan fingerprint density at radius 3 is 0.870 bits per heavy atom. The van der Waals surface area contributed by atoms with Gasteiger partial charge >= 0.3 is 11.9 Å². The molecule has 0 fully saturated rings. The van der Waals surface area contributed by atoms with Crippen molar-refractivity contribution in [1.82, 2.24) is 0 Å². The number of esters is 1. The lowest BCUT2D eigenvalue weighted by Gasteiger charge is -2.05. The molecule has 0 bridgehead atoms. The van der Waals surface area contributed by atoms with Crippen LogP contribution in [0, 0.1) is 0 Å². The Morgan fingerprint density at radius 2 is 0.587 bits per heavy atom. The number of aliphatic carboxylic acids is 1. The van der Waals surface area contributed by atoms with E-state index in [1.54, 1.807) is 0 Å². The van der Waals surface area contributed by atoms with Crippen molar-refractivity contribution < 1.29 is 19.4 Å². The molecular weight excluding hydrogens is 568 g/mol. The number of unbranched alkanes of at least 4 members (excludes halogenated alkanes) is 31. The monoisotopic (exact) mass is 653 g/mol. The molecule has 0 aromatic heterocycles. The number of carbonyl (C=O) groups is 2. The van der Waals surface area contributed by atoms with E-state index in [0.717, 1.165) is 25.7 Å². The first-order valence-corrected chi connectivity index (χ1v) is 21.0. The van der Waals surface area contributed by atoms with Gasteiger partial charge in [-0.1, -0.05) is 220 Å². The number of rotatable bonds is 37. The Hall–Kier alpha value is -1.06. The van der Waals surface area contributed by atoms with Gasteiger partial charge in [0.25, 0.3) is 0 Å². The van der Waals surface area contributed by atoms with E-state index in [0.29, 0.717) is 19.4 Å². The fourth-order valence-electron chi connectivity index (χ4n) is 6.08. The van der Waals surface area contributed by atoms with E-state index in [9.17, 15) is 9.59 Å². The lowest BCUT2D eigenvalue weighted by atomic mass is 10.0. The van der Waals surface area contributed by atoms with Crippen LogP contribution in [0.4, 0.5) is 0 Å². The molecule has 0 atom stereocenters. The van der Waals surface area contributed by atoms with Gasteiger partial charge in [0.15, 0.2) is 0 Å². The van der Waals surface area contributed by atoms with Crippen molar-refractivity contribution in [3.63, 3.8) is 0 Å². The van der Waals surface area contributed by atoms with E-state index in [1.807, 2.05) is 0 Å². The zero-order valence-electron chi connectivity index (χ0n) is 31.8.